The van der Waals surface area contributed by atoms with E-state index >= 15 is 0 Å². The summed E-state index contributed by atoms with van der Waals surface area (Å²) in [5.74, 6) is -0.187. The van der Waals surface area contributed by atoms with E-state index in [4.69, 9.17) is 4.74 Å². The Morgan fingerprint density at radius 1 is 1.48 bits per heavy atom. The normalized spacial score (nSPS) is 11.7. The molecule has 116 valence electrons. The zero-order valence-electron chi connectivity index (χ0n) is 13.4. The maximum atomic E-state index is 12.0. The average Bonchev–Trinajstić information content (AvgIpc) is 2.33. The fraction of sp³-hybridized carbons (Fsp3) is 0.571. The van der Waals surface area contributed by atoms with Crippen molar-refractivity contribution < 1.29 is 9.53 Å². The molecule has 0 amide bonds. The van der Waals surface area contributed by atoms with Crippen LogP contribution in [0.15, 0.2) is 15.9 Å². The van der Waals surface area contributed by atoms with Gasteiger partial charge in [-0.05, 0) is 27.7 Å². The molecule has 7 nitrogen and oxygen atoms in total. The zero-order chi connectivity index (χ0) is 16.2. The largest absolute Gasteiger partial charge is 0.443 e. The van der Waals surface area contributed by atoms with Gasteiger partial charge in [-0.1, -0.05) is 0 Å². The maximum absolute atomic E-state index is 12.0. The number of nitrogens with zero attached hydrogens (tertiary/aromatic N) is 4. The molecule has 1 heterocycles. The Morgan fingerprint density at radius 2 is 2.10 bits per heavy atom. The van der Waals surface area contributed by atoms with Gasteiger partial charge in [0.25, 0.3) is 5.56 Å². The van der Waals surface area contributed by atoms with E-state index < -0.39 is 11.4 Å². The van der Waals surface area contributed by atoms with E-state index in [2.05, 4.69) is 9.98 Å². The topological polar surface area (TPSA) is 76.8 Å². The molecular formula is C14H22N4O3. The van der Waals surface area contributed by atoms with Gasteiger partial charge >= 0.3 is 5.97 Å². The Hall–Kier alpha value is -2.18. The zero-order valence-corrected chi connectivity index (χ0v) is 13.4. The van der Waals surface area contributed by atoms with Gasteiger partial charge in [-0.2, -0.15) is 0 Å². The number of aromatic nitrogens is 2. The van der Waals surface area contributed by atoms with Crippen molar-refractivity contribution in [3.63, 3.8) is 0 Å². The summed E-state index contributed by atoms with van der Waals surface area (Å²) >= 11 is 0. The van der Waals surface area contributed by atoms with Crippen LogP contribution in [0.1, 0.15) is 26.5 Å². The third kappa shape index (κ3) is 5.02. The second-order valence-electron chi connectivity index (χ2n) is 5.98. The van der Waals surface area contributed by atoms with E-state index in [1.165, 1.54) is 17.0 Å². The molecule has 0 radical (unpaired) electrons. The van der Waals surface area contributed by atoms with Gasteiger partial charge in [0.15, 0.2) is 6.73 Å². The third-order valence-corrected chi connectivity index (χ3v) is 2.46. The molecule has 0 spiro atoms. The van der Waals surface area contributed by atoms with Gasteiger partial charge in [0.05, 0.1) is 11.8 Å². The van der Waals surface area contributed by atoms with Crippen LogP contribution < -0.4 is 5.56 Å². The molecule has 0 fully saturated rings. The second kappa shape index (κ2) is 6.51. The van der Waals surface area contributed by atoms with Gasteiger partial charge in [0, 0.05) is 25.9 Å². The molecular weight excluding hydrogens is 272 g/mol. The Kier molecular flexibility index (Phi) is 5.23. The lowest BCUT2D eigenvalue weighted by Gasteiger charge is -2.17. The minimum Gasteiger partial charge on any atom is -0.443 e. The van der Waals surface area contributed by atoms with E-state index in [-0.39, 0.29) is 18.2 Å². The lowest BCUT2D eigenvalue weighted by Crippen LogP contribution is -2.28. The van der Waals surface area contributed by atoms with Crippen molar-refractivity contribution in [2.45, 2.75) is 34.4 Å². The molecule has 0 atom stereocenters. The highest BCUT2D eigenvalue weighted by Gasteiger charge is 2.23. The summed E-state index contributed by atoms with van der Waals surface area (Å²) in [6.45, 7) is 6.74. The molecule has 1 rings (SSSR count). The molecule has 21 heavy (non-hydrogen) atoms. The van der Waals surface area contributed by atoms with Crippen LogP contribution in [0, 0.1) is 12.3 Å². The number of rotatable bonds is 4. The van der Waals surface area contributed by atoms with Gasteiger partial charge in [-0.15, -0.1) is 0 Å². The number of aryl methyl sites for hydroxylation is 1. The summed E-state index contributed by atoms with van der Waals surface area (Å²) in [7, 11) is 3.61. The lowest BCUT2D eigenvalue weighted by molar-refractivity contribution is -0.157. The molecule has 0 saturated heterocycles. The van der Waals surface area contributed by atoms with Crippen molar-refractivity contribution in [1.29, 1.82) is 0 Å². The van der Waals surface area contributed by atoms with Crippen LogP contribution in [-0.4, -0.2) is 40.9 Å². The first-order valence-electron chi connectivity index (χ1n) is 6.57. The van der Waals surface area contributed by atoms with Crippen LogP contribution in [0.25, 0.3) is 0 Å². The first-order valence-corrected chi connectivity index (χ1v) is 6.57. The highest BCUT2D eigenvalue weighted by atomic mass is 16.5. The van der Waals surface area contributed by atoms with Crippen LogP contribution in [0.4, 0.5) is 5.95 Å². The monoisotopic (exact) mass is 294 g/mol. The summed E-state index contributed by atoms with van der Waals surface area (Å²) < 4.78 is 6.38. The number of aliphatic imine (C=N–C) groups is 1. The smallest absolute Gasteiger partial charge is 0.312 e. The first-order chi connectivity index (χ1) is 9.61. The summed E-state index contributed by atoms with van der Waals surface area (Å²) in [6.07, 6.45) is 1.53. The van der Waals surface area contributed by atoms with E-state index in [9.17, 15) is 9.59 Å². The van der Waals surface area contributed by atoms with Crippen molar-refractivity contribution in [1.82, 2.24) is 14.5 Å². The number of carbonyl (C=O) groups excluding carboxylic acids is 1. The Morgan fingerprint density at radius 3 is 2.62 bits per heavy atom. The molecule has 0 unspecified atom stereocenters. The number of ether oxygens (including phenoxy) is 1. The predicted molar refractivity (Wildman–Crippen MR) is 80.6 cm³/mol. The summed E-state index contributed by atoms with van der Waals surface area (Å²) in [5, 5.41) is 0. The van der Waals surface area contributed by atoms with Crippen molar-refractivity contribution in [2.75, 3.05) is 14.1 Å². The molecule has 0 aliphatic rings. The first kappa shape index (κ1) is 16.9. The van der Waals surface area contributed by atoms with Crippen LogP contribution in [0.2, 0.25) is 0 Å². The predicted octanol–water partition coefficient (Wildman–Crippen LogP) is 1.32. The fourth-order valence-electron chi connectivity index (χ4n) is 1.33. The molecule has 0 aliphatic carbocycles. The van der Waals surface area contributed by atoms with E-state index in [0.29, 0.717) is 5.69 Å². The summed E-state index contributed by atoms with van der Waals surface area (Å²) in [6, 6.07) is 1.37. The standard InChI is InChI=1S/C14H22N4O3/c1-10-7-11(19)18(9-21-12(20)14(2,3)4)13(16-10)15-8-17(5)6/h7-8H,9H2,1-6H3. The highest BCUT2D eigenvalue weighted by Crippen LogP contribution is 2.16. The second-order valence-corrected chi connectivity index (χ2v) is 5.98. The maximum Gasteiger partial charge on any atom is 0.312 e. The average molecular weight is 294 g/mol. The summed E-state index contributed by atoms with van der Waals surface area (Å²) in [4.78, 5) is 33.8. The quantitative estimate of drug-likeness (QED) is 0.475. The Labute approximate surface area is 124 Å². The van der Waals surface area contributed by atoms with Crippen LogP contribution in [0.5, 0.6) is 0 Å². The van der Waals surface area contributed by atoms with Crippen molar-refractivity contribution >= 4 is 18.3 Å². The number of carbonyl (C=O) groups is 1. The molecule has 0 aromatic carbocycles. The third-order valence-electron chi connectivity index (χ3n) is 2.46. The van der Waals surface area contributed by atoms with Gasteiger partial charge < -0.3 is 9.64 Å². The van der Waals surface area contributed by atoms with E-state index in [1.807, 2.05) is 0 Å². The summed E-state index contributed by atoms with van der Waals surface area (Å²) in [5.41, 5.74) is -0.381. The molecule has 0 saturated carbocycles. The van der Waals surface area contributed by atoms with Crippen molar-refractivity contribution in [2.24, 2.45) is 10.4 Å². The highest BCUT2D eigenvalue weighted by molar-refractivity contribution is 5.75. The molecule has 0 aliphatic heterocycles. The van der Waals surface area contributed by atoms with Crippen molar-refractivity contribution in [3.05, 3.63) is 22.1 Å². The minimum absolute atomic E-state index is 0.204. The van der Waals surface area contributed by atoms with Crippen LogP contribution in [0.3, 0.4) is 0 Å². The fourth-order valence-corrected chi connectivity index (χ4v) is 1.33. The van der Waals surface area contributed by atoms with E-state index in [1.54, 1.807) is 46.7 Å². The Bertz CT molecular complexity index is 597. The van der Waals surface area contributed by atoms with Gasteiger partial charge in [-0.3, -0.25) is 9.59 Å². The van der Waals surface area contributed by atoms with E-state index in [0.717, 1.165) is 0 Å². The number of esters is 1. The SMILES string of the molecule is Cc1cc(=O)n(COC(=O)C(C)(C)C)c(N=CN(C)C)n1. The van der Waals surface area contributed by atoms with Crippen LogP contribution in [-0.2, 0) is 16.3 Å². The number of hydrogen-bond donors (Lipinski definition) is 0. The molecule has 1 aromatic heterocycles. The Balaban J connectivity index is 3.05. The van der Waals surface area contributed by atoms with Gasteiger partial charge in [0.2, 0.25) is 5.95 Å². The minimum atomic E-state index is -0.630. The van der Waals surface area contributed by atoms with Gasteiger partial charge in [0.1, 0.15) is 0 Å². The lowest BCUT2D eigenvalue weighted by atomic mass is 9.98. The molecule has 1 aromatic rings. The molecule has 7 heteroatoms. The van der Waals surface area contributed by atoms with Gasteiger partial charge in [-0.25, -0.2) is 14.5 Å². The van der Waals surface area contributed by atoms with Crippen molar-refractivity contribution in [3.8, 4) is 0 Å². The van der Waals surface area contributed by atoms with Crippen LogP contribution >= 0.6 is 0 Å². The number of hydrogen-bond acceptors (Lipinski definition) is 5. The molecule has 0 bridgehead atoms. The molecule has 0 N–H and O–H groups in total.